The first-order chi connectivity index (χ1) is 12.5. The molecule has 1 amide bonds. The van der Waals surface area contributed by atoms with Crippen LogP contribution in [-0.4, -0.2) is 15.7 Å². The summed E-state index contributed by atoms with van der Waals surface area (Å²) in [5, 5.41) is 7.24. The molecule has 0 aliphatic rings. The molecular weight excluding hydrogens is 450 g/mol. The number of amides is 1. The van der Waals surface area contributed by atoms with Gasteiger partial charge in [-0.2, -0.15) is 5.10 Å². The quantitative estimate of drug-likeness (QED) is 0.176. The van der Waals surface area contributed by atoms with Crippen LogP contribution in [0, 0.1) is 16.0 Å². The van der Waals surface area contributed by atoms with E-state index in [9.17, 15) is 9.18 Å². The van der Waals surface area contributed by atoms with Gasteiger partial charge in [0, 0.05) is 14.0 Å². The highest BCUT2D eigenvalue weighted by Gasteiger charge is 2.17. The van der Waals surface area contributed by atoms with Gasteiger partial charge in [-0.1, -0.05) is 12.1 Å². The molecule has 0 spiro atoms. The molecule has 0 atom stereocenters. The lowest BCUT2D eigenvalue weighted by Crippen LogP contribution is -2.01. The van der Waals surface area contributed by atoms with Crippen molar-refractivity contribution in [3.05, 3.63) is 85.5 Å². The average molecular weight is 458 g/mol. The fourth-order valence-electron chi connectivity index (χ4n) is 2.32. The van der Waals surface area contributed by atoms with E-state index in [1.165, 1.54) is 22.9 Å². The Balaban J connectivity index is 2.20. The third-order valence-electron chi connectivity index (χ3n) is 3.50. The Hall–Kier alpha value is -3.22. The van der Waals surface area contributed by atoms with Gasteiger partial charge in [-0.25, -0.2) is 13.9 Å². The lowest BCUT2D eigenvalue weighted by molar-refractivity contribution is 0.0995. The molecule has 0 bridgehead atoms. The second-order valence-corrected chi connectivity index (χ2v) is 6.32. The van der Waals surface area contributed by atoms with Crippen molar-refractivity contribution in [2.45, 2.75) is 0 Å². The van der Waals surface area contributed by atoms with Crippen molar-refractivity contribution >= 4 is 34.2 Å². The number of hydrogen-bond donors (Lipinski definition) is 0. The predicted molar refractivity (Wildman–Crippen MR) is 101 cm³/mol. The molecule has 0 aliphatic heterocycles. The highest BCUT2D eigenvalue weighted by Crippen LogP contribution is 2.29. The van der Waals surface area contributed by atoms with Crippen LogP contribution in [0.1, 0.15) is 10.5 Å². The van der Waals surface area contributed by atoms with E-state index in [2.05, 4.69) is 42.6 Å². The molecular formula is C17H8FIN6O. The predicted octanol–water partition coefficient (Wildman–Crippen LogP) is 5.28. The summed E-state index contributed by atoms with van der Waals surface area (Å²) in [5.74, 6) is -1.51. The van der Waals surface area contributed by atoms with E-state index in [1.807, 2.05) is 12.1 Å². The molecule has 0 unspecified atom stereocenters. The molecule has 9 heteroatoms. The number of azide groups is 1. The summed E-state index contributed by atoms with van der Waals surface area (Å²) in [5.41, 5.74) is 9.80. The van der Waals surface area contributed by atoms with Crippen molar-refractivity contribution in [3.8, 4) is 16.9 Å². The maximum atomic E-state index is 14.0. The second-order valence-electron chi connectivity index (χ2n) is 5.08. The van der Waals surface area contributed by atoms with Crippen molar-refractivity contribution < 1.29 is 9.18 Å². The maximum absolute atomic E-state index is 14.0. The number of aromatic nitrogens is 2. The Bertz CT molecular complexity index is 1090. The number of nitrogens with zero attached hydrogens (tertiary/aromatic N) is 6. The summed E-state index contributed by atoms with van der Waals surface area (Å²) in [6.07, 6.45) is 0. The van der Waals surface area contributed by atoms with Crippen LogP contribution in [-0.2, 0) is 0 Å². The molecule has 0 saturated carbocycles. The zero-order valence-electron chi connectivity index (χ0n) is 13.0. The molecule has 1 heterocycles. The van der Waals surface area contributed by atoms with Crippen LogP contribution in [0.15, 0.2) is 53.6 Å². The maximum Gasteiger partial charge on any atom is 0.269 e. The SMILES string of the molecule is [C-]#[N+]c1ccc(-c2cc(C(=O)N=[N+]=[N-])nn2-c2ccc(I)cc2)cc1F. The number of carbonyl (C=O) groups is 1. The third-order valence-corrected chi connectivity index (χ3v) is 4.22. The smallest absolute Gasteiger partial charge is 0.269 e. The van der Waals surface area contributed by atoms with Crippen LogP contribution in [0.5, 0.6) is 0 Å². The summed E-state index contributed by atoms with van der Waals surface area (Å²) in [6, 6.07) is 12.9. The fourth-order valence-corrected chi connectivity index (χ4v) is 2.68. The molecule has 7 nitrogen and oxygen atoms in total. The van der Waals surface area contributed by atoms with Gasteiger partial charge in [0.25, 0.3) is 5.91 Å². The molecule has 26 heavy (non-hydrogen) atoms. The Morgan fingerprint density at radius 2 is 1.96 bits per heavy atom. The fraction of sp³-hybridized carbons (Fsp3) is 0. The summed E-state index contributed by atoms with van der Waals surface area (Å²) in [7, 11) is 0. The van der Waals surface area contributed by atoms with E-state index in [0.29, 0.717) is 16.9 Å². The lowest BCUT2D eigenvalue weighted by Gasteiger charge is -2.08. The molecule has 126 valence electrons. The van der Waals surface area contributed by atoms with Crippen LogP contribution < -0.4 is 0 Å². The first-order valence-electron chi connectivity index (χ1n) is 7.16. The van der Waals surface area contributed by atoms with E-state index >= 15 is 0 Å². The van der Waals surface area contributed by atoms with E-state index in [-0.39, 0.29) is 11.4 Å². The van der Waals surface area contributed by atoms with Gasteiger partial charge in [0.05, 0.1) is 18.0 Å². The summed E-state index contributed by atoms with van der Waals surface area (Å²) in [6.45, 7) is 6.94. The second kappa shape index (κ2) is 7.35. The Labute approximate surface area is 160 Å². The Morgan fingerprint density at radius 1 is 1.23 bits per heavy atom. The van der Waals surface area contributed by atoms with Gasteiger partial charge >= 0.3 is 0 Å². The Kier molecular flexibility index (Phi) is 4.97. The average Bonchev–Trinajstić information content (AvgIpc) is 3.08. The van der Waals surface area contributed by atoms with Gasteiger partial charge in [-0.15, -0.1) is 0 Å². The monoisotopic (exact) mass is 458 g/mol. The van der Waals surface area contributed by atoms with Gasteiger partial charge in [0.1, 0.15) is 11.5 Å². The first-order valence-corrected chi connectivity index (χ1v) is 8.24. The van der Waals surface area contributed by atoms with Crippen molar-refractivity contribution in [2.75, 3.05) is 0 Å². The summed E-state index contributed by atoms with van der Waals surface area (Å²) in [4.78, 5) is 17.5. The van der Waals surface area contributed by atoms with E-state index in [1.54, 1.807) is 18.2 Å². The van der Waals surface area contributed by atoms with Crippen molar-refractivity contribution in [1.29, 1.82) is 0 Å². The van der Waals surface area contributed by atoms with Crippen molar-refractivity contribution in [1.82, 2.24) is 9.78 Å². The van der Waals surface area contributed by atoms with Crippen molar-refractivity contribution in [2.24, 2.45) is 5.11 Å². The van der Waals surface area contributed by atoms with Crippen LogP contribution in [0.4, 0.5) is 10.1 Å². The molecule has 0 fully saturated rings. The van der Waals surface area contributed by atoms with Gasteiger partial charge < -0.3 is 0 Å². The van der Waals surface area contributed by atoms with Gasteiger partial charge in [0.15, 0.2) is 0 Å². The largest absolute Gasteiger partial charge is 0.285 e. The first kappa shape index (κ1) is 17.6. The van der Waals surface area contributed by atoms with E-state index < -0.39 is 11.7 Å². The zero-order valence-corrected chi connectivity index (χ0v) is 15.1. The molecule has 0 saturated heterocycles. The molecule has 3 rings (SSSR count). The van der Waals surface area contributed by atoms with Gasteiger partial charge in [-0.05, 0) is 69.6 Å². The number of rotatable bonds is 3. The third kappa shape index (κ3) is 3.42. The van der Waals surface area contributed by atoms with Gasteiger partial charge in [-0.3, -0.25) is 4.79 Å². The molecule has 0 N–H and O–H groups in total. The highest BCUT2D eigenvalue weighted by molar-refractivity contribution is 14.1. The van der Waals surface area contributed by atoms with Crippen molar-refractivity contribution in [3.63, 3.8) is 0 Å². The van der Waals surface area contributed by atoms with Crippen LogP contribution >= 0.6 is 22.6 Å². The summed E-state index contributed by atoms with van der Waals surface area (Å²) < 4.78 is 16.5. The Morgan fingerprint density at radius 3 is 2.58 bits per heavy atom. The molecule has 0 radical (unpaired) electrons. The topological polar surface area (TPSA) is 88.0 Å². The number of benzene rings is 2. The van der Waals surface area contributed by atoms with Gasteiger partial charge in [0.2, 0.25) is 5.69 Å². The minimum absolute atomic E-state index is 0.0639. The summed E-state index contributed by atoms with van der Waals surface area (Å²) >= 11 is 2.16. The van der Waals surface area contributed by atoms with Crippen LogP contribution in [0.25, 0.3) is 32.2 Å². The molecule has 2 aromatic carbocycles. The van der Waals surface area contributed by atoms with Crippen LogP contribution in [0.3, 0.4) is 0 Å². The molecule has 0 aliphatic carbocycles. The minimum atomic E-state index is -0.837. The van der Waals surface area contributed by atoms with E-state index in [4.69, 9.17) is 12.1 Å². The highest BCUT2D eigenvalue weighted by atomic mass is 127. The van der Waals surface area contributed by atoms with E-state index in [0.717, 1.165) is 3.57 Å². The number of carbonyl (C=O) groups excluding carboxylic acids is 1. The number of hydrogen-bond acceptors (Lipinski definition) is 2. The molecule has 3 aromatic rings. The minimum Gasteiger partial charge on any atom is -0.285 e. The number of halogens is 2. The lowest BCUT2D eigenvalue weighted by atomic mass is 10.1. The molecule has 1 aromatic heterocycles. The zero-order chi connectivity index (χ0) is 18.7. The van der Waals surface area contributed by atoms with Crippen LogP contribution in [0.2, 0.25) is 0 Å². The normalized spacial score (nSPS) is 10.0. The standard InChI is InChI=1S/C17H8FIN6O/c1-21-14-7-2-10(8-13(14)18)16-9-15(17(26)22-24-20)23-25(16)12-5-3-11(19)4-6-12/h2-9H.